The molecule has 0 heterocycles. The van der Waals surface area contributed by atoms with E-state index in [2.05, 4.69) is 5.32 Å². The fraction of sp³-hybridized carbons (Fsp3) is 0.263. The Labute approximate surface area is 141 Å². The van der Waals surface area contributed by atoms with Crippen LogP contribution in [0.1, 0.15) is 24.5 Å². The smallest absolute Gasteiger partial charge is 0.298 e. The molecular weight excluding hydrogens is 306 g/mol. The molecule has 24 heavy (non-hydrogen) atoms. The molecule has 0 bridgehead atoms. The minimum absolute atomic E-state index is 0.0390. The Kier molecular flexibility index (Phi) is 6.37. The first-order valence-corrected chi connectivity index (χ1v) is 7.83. The average molecular weight is 327 g/mol. The van der Waals surface area contributed by atoms with E-state index in [1.165, 1.54) is 0 Å². The van der Waals surface area contributed by atoms with E-state index in [9.17, 15) is 14.7 Å². The van der Waals surface area contributed by atoms with Crippen LogP contribution < -0.4 is 10.1 Å². The Morgan fingerprint density at radius 2 is 1.75 bits per heavy atom. The van der Waals surface area contributed by atoms with Crippen LogP contribution in [0.4, 0.5) is 0 Å². The van der Waals surface area contributed by atoms with Gasteiger partial charge in [0.05, 0.1) is 6.42 Å². The number of hydrogen-bond donors (Lipinski definition) is 2. The molecule has 0 radical (unpaired) electrons. The molecule has 1 unspecified atom stereocenters. The molecule has 2 aromatic rings. The summed E-state index contributed by atoms with van der Waals surface area (Å²) in [5, 5.41) is 12.2. The van der Waals surface area contributed by atoms with Crippen LogP contribution in [0.3, 0.4) is 0 Å². The molecule has 2 rings (SSSR count). The molecule has 2 aromatic carbocycles. The van der Waals surface area contributed by atoms with E-state index in [1.807, 2.05) is 19.1 Å². The lowest BCUT2D eigenvalue weighted by atomic mass is 10.1. The van der Waals surface area contributed by atoms with E-state index < -0.39 is 0 Å². The minimum atomic E-state index is -0.0390. The van der Waals surface area contributed by atoms with Gasteiger partial charge < -0.3 is 15.2 Å². The summed E-state index contributed by atoms with van der Waals surface area (Å²) in [6.45, 7) is 2.37. The third kappa shape index (κ3) is 5.76. The summed E-state index contributed by atoms with van der Waals surface area (Å²) in [6, 6.07) is 14.0. The molecule has 126 valence electrons. The summed E-state index contributed by atoms with van der Waals surface area (Å²) in [4.78, 5) is 22.3. The summed E-state index contributed by atoms with van der Waals surface area (Å²) in [5.41, 5.74) is 1.98. The number of ether oxygens (including phenoxy) is 1. The van der Waals surface area contributed by atoms with Crippen LogP contribution in [0.5, 0.6) is 11.5 Å². The van der Waals surface area contributed by atoms with Crippen LogP contribution in [0.15, 0.2) is 48.5 Å². The first kappa shape index (κ1) is 17.5. The summed E-state index contributed by atoms with van der Waals surface area (Å²) in [6.07, 6.45) is 1.93. The van der Waals surface area contributed by atoms with Crippen LogP contribution in [0.2, 0.25) is 0 Å². The van der Waals surface area contributed by atoms with Crippen molar-refractivity contribution in [2.45, 2.75) is 32.2 Å². The second-order valence-corrected chi connectivity index (χ2v) is 5.71. The van der Waals surface area contributed by atoms with Gasteiger partial charge in [0.25, 0.3) is 6.47 Å². The quantitative estimate of drug-likeness (QED) is 0.731. The van der Waals surface area contributed by atoms with E-state index in [0.29, 0.717) is 18.6 Å². The first-order chi connectivity index (χ1) is 11.6. The average Bonchev–Trinajstić information content (AvgIpc) is 2.56. The highest BCUT2D eigenvalue weighted by Crippen LogP contribution is 2.14. The van der Waals surface area contributed by atoms with Gasteiger partial charge >= 0.3 is 0 Å². The number of carbonyl (C=O) groups excluding carboxylic acids is 2. The molecule has 5 heteroatoms. The van der Waals surface area contributed by atoms with Crippen molar-refractivity contribution < 1.29 is 19.4 Å². The van der Waals surface area contributed by atoms with E-state index in [0.717, 1.165) is 24.0 Å². The second kappa shape index (κ2) is 8.72. The van der Waals surface area contributed by atoms with Crippen LogP contribution >= 0.6 is 0 Å². The summed E-state index contributed by atoms with van der Waals surface area (Å²) in [7, 11) is 0. The van der Waals surface area contributed by atoms with Crippen molar-refractivity contribution in [2.24, 2.45) is 0 Å². The van der Waals surface area contributed by atoms with Gasteiger partial charge in [-0.3, -0.25) is 9.59 Å². The maximum atomic E-state index is 12.0. The molecule has 0 aliphatic heterocycles. The van der Waals surface area contributed by atoms with Crippen LogP contribution in [-0.2, 0) is 22.4 Å². The van der Waals surface area contributed by atoms with E-state index >= 15 is 0 Å². The van der Waals surface area contributed by atoms with Gasteiger partial charge in [0, 0.05) is 6.04 Å². The van der Waals surface area contributed by atoms with Gasteiger partial charge in [-0.15, -0.1) is 0 Å². The number of benzene rings is 2. The second-order valence-electron chi connectivity index (χ2n) is 5.71. The van der Waals surface area contributed by atoms with E-state index in [1.54, 1.807) is 36.4 Å². The normalized spacial score (nSPS) is 11.5. The van der Waals surface area contributed by atoms with Gasteiger partial charge in [-0.05, 0) is 55.2 Å². The van der Waals surface area contributed by atoms with Crippen molar-refractivity contribution in [1.29, 1.82) is 0 Å². The Bertz CT molecular complexity index is 665. The van der Waals surface area contributed by atoms with Crippen molar-refractivity contribution in [3.05, 3.63) is 59.7 Å². The van der Waals surface area contributed by atoms with Gasteiger partial charge in [0.2, 0.25) is 5.91 Å². The van der Waals surface area contributed by atoms with Gasteiger partial charge in [0.15, 0.2) is 0 Å². The van der Waals surface area contributed by atoms with E-state index in [-0.39, 0.29) is 17.7 Å². The highest BCUT2D eigenvalue weighted by Gasteiger charge is 2.09. The lowest BCUT2D eigenvalue weighted by Gasteiger charge is -2.14. The fourth-order valence-corrected chi connectivity index (χ4v) is 2.37. The number of nitrogens with one attached hydrogen (secondary N) is 1. The van der Waals surface area contributed by atoms with Crippen molar-refractivity contribution in [2.75, 3.05) is 0 Å². The Morgan fingerprint density at radius 3 is 2.38 bits per heavy atom. The number of aryl methyl sites for hydroxylation is 1. The Morgan fingerprint density at radius 1 is 1.12 bits per heavy atom. The molecule has 0 aliphatic rings. The molecule has 5 nitrogen and oxygen atoms in total. The van der Waals surface area contributed by atoms with Crippen molar-refractivity contribution >= 4 is 12.4 Å². The SMILES string of the molecule is CC(CCc1ccc(OC=O)cc1)NC(=O)Cc1ccc(O)cc1. The number of phenolic OH excluding ortho intramolecular Hbond substituents is 1. The zero-order chi connectivity index (χ0) is 17.4. The third-order valence-corrected chi connectivity index (χ3v) is 3.68. The molecule has 0 fully saturated rings. The molecule has 0 spiro atoms. The van der Waals surface area contributed by atoms with Crippen LogP contribution in [0.25, 0.3) is 0 Å². The van der Waals surface area contributed by atoms with Gasteiger partial charge in [0.1, 0.15) is 11.5 Å². The molecular formula is C19H21NO4. The van der Waals surface area contributed by atoms with E-state index in [4.69, 9.17) is 4.74 Å². The van der Waals surface area contributed by atoms with Gasteiger partial charge in [-0.1, -0.05) is 24.3 Å². The first-order valence-electron chi connectivity index (χ1n) is 7.83. The molecule has 0 saturated heterocycles. The highest BCUT2D eigenvalue weighted by atomic mass is 16.5. The summed E-state index contributed by atoms with van der Waals surface area (Å²) in [5.74, 6) is 0.670. The zero-order valence-corrected chi connectivity index (χ0v) is 13.6. The predicted octanol–water partition coefficient (Wildman–Crippen LogP) is 2.61. The number of phenols is 1. The number of hydrogen-bond acceptors (Lipinski definition) is 4. The van der Waals surface area contributed by atoms with Crippen molar-refractivity contribution in [1.82, 2.24) is 5.32 Å². The topological polar surface area (TPSA) is 75.6 Å². The van der Waals surface area contributed by atoms with Gasteiger partial charge in [-0.25, -0.2) is 0 Å². The number of rotatable bonds is 8. The van der Waals surface area contributed by atoms with Crippen molar-refractivity contribution in [3.63, 3.8) is 0 Å². The molecule has 2 N–H and O–H groups in total. The Balaban J connectivity index is 1.75. The molecule has 0 saturated carbocycles. The summed E-state index contributed by atoms with van der Waals surface area (Å²) >= 11 is 0. The maximum Gasteiger partial charge on any atom is 0.298 e. The zero-order valence-electron chi connectivity index (χ0n) is 13.6. The largest absolute Gasteiger partial charge is 0.508 e. The lowest BCUT2D eigenvalue weighted by Crippen LogP contribution is -2.34. The minimum Gasteiger partial charge on any atom is -0.508 e. The van der Waals surface area contributed by atoms with Crippen LogP contribution in [0, 0.1) is 0 Å². The highest BCUT2D eigenvalue weighted by molar-refractivity contribution is 5.78. The Hall–Kier alpha value is -2.82. The monoisotopic (exact) mass is 327 g/mol. The maximum absolute atomic E-state index is 12.0. The predicted molar refractivity (Wildman–Crippen MR) is 90.9 cm³/mol. The number of aromatic hydroxyl groups is 1. The number of carbonyl (C=O) groups is 2. The number of amides is 1. The molecule has 0 aromatic heterocycles. The lowest BCUT2D eigenvalue weighted by molar-refractivity contribution is -0.121. The van der Waals surface area contributed by atoms with Crippen LogP contribution in [-0.4, -0.2) is 23.5 Å². The third-order valence-electron chi connectivity index (χ3n) is 3.68. The van der Waals surface area contributed by atoms with Crippen molar-refractivity contribution in [3.8, 4) is 11.5 Å². The molecule has 0 aliphatic carbocycles. The standard InChI is InChI=1S/C19H21NO4/c1-14(2-3-15-6-10-18(11-7-15)24-13-21)20-19(23)12-16-4-8-17(22)9-5-16/h4-11,13-14,22H,2-3,12H2,1H3,(H,20,23). The van der Waals surface area contributed by atoms with Gasteiger partial charge in [-0.2, -0.15) is 0 Å². The summed E-state index contributed by atoms with van der Waals surface area (Å²) < 4.78 is 4.75. The molecule has 1 atom stereocenters. The molecule has 1 amide bonds. The fourth-order valence-electron chi connectivity index (χ4n) is 2.37.